The molecule has 0 saturated carbocycles. The number of unbranched alkanes of at least 4 members (excludes halogenated alkanes) is 3. The number of benzene rings is 1. The van der Waals surface area contributed by atoms with E-state index >= 15 is 0 Å². The van der Waals surface area contributed by atoms with Crippen molar-refractivity contribution in [2.24, 2.45) is 0 Å². The SMILES string of the molecule is CCCCCCC(C)Nc1nc2cc(N)ccc2o1. The fraction of sp³-hybridized carbons (Fsp3) is 0.533. The number of rotatable bonds is 7. The molecule has 4 nitrogen and oxygen atoms in total. The monoisotopic (exact) mass is 261 g/mol. The molecule has 0 fully saturated rings. The molecule has 0 saturated heterocycles. The molecule has 0 spiro atoms. The van der Waals surface area contributed by atoms with Gasteiger partial charge in [0.15, 0.2) is 5.58 Å². The summed E-state index contributed by atoms with van der Waals surface area (Å²) in [7, 11) is 0. The Hall–Kier alpha value is -1.71. The van der Waals surface area contributed by atoms with E-state index in [1.807, 2.05) is 18.2 Å². The number of anilines is 2. The number of nitrogens with one attached hydrogen (secondary N) is 1. The number of nitrogen functional groups attached to an aromatic ring is 1. The maximum absolute atomic E-state index is 5.73. The molecule has 1 unspecified atom stereocenters. The van der Waals surface area contributed by atoms with Gasteiger partial charge in [-0.3, -0.25) is 0 Å². The molecule has 1 heterocycles. The number of hydrogen-bond acceptors (Lipinski definition) is 4. The highest BCUT2D eigenvalue weighted by Gasteiger charge is 2.08. The van der Waals surface area contributed by atoms with Crippen molar-refractivity contribution in [1.29, 1.82) is 0 Å². The van der Waals surface area contributed by atoms with E-state index < -0.39 is 0 Å². The molecule has 0 radical (unpaired) electrons. The van der Waals surface area contributed by atoms with Gasteiger partial charge in [-0.15, -0.1) is 0 Å². The molecule has 3 N–H and O–H groups in total. The minimum absolute atomic E-state index is 0.377. The van der Waals surface area contributed by atoms with E-state index in [0.29, 0.717) is 17.7 Å². The van der Waals surface area contributed by atoms with Crippen LogP contribution in [-0.4, -0.2) is 11.0 Å². The third-order valence-electron chi connectivity index (χ3n) is 3.27. The van der Waals surface area contributed by atoms with Gasteiger partial charge in [0.2, 0.25) is 0 Å². The van der Waals surface area contributed by atoms with Crippen molar-refractivity contribution in [3.05, 3.63) is 18.2 Å². The second-order valence-corrected chi connectivity index (χ2v) is 5.14. The molecule has 2 rings (SSSR count). The number of aromatic nitrogens is 1. The lowest BCUT2D eigenvalue weighted by molar-refractivity contribution is 0.561. The minimum Gasteiger partial charge on any atom is -0.424 e. The third-order valence-corrected chi connectivity index (χ3v) is 3.27. The highest BCUT2D eigenvalue weighted by atomic mass is 16.4. The average molecular weight is 261 g/mol. The zero-order chi connectivity index (χ0) is 13.7. The van der Waals surface area contributed by atoms with E-state index in [-0.39, 0.29) is 0 Å². The Morgan fingerprint density at radius 1 is 1.32 bits per heavy atom. The lowest BCUT2D eigenvalue weighted by Crippen LogP contribution is -2.14. The summed E-state index contributed by atoms with van der Waals surface area (Å²) in [5.41, 5.74) is 8.01. The van der Waals surface area contributed by atoms with Gasteiger partial charge in [0.1, 0.15) is 5.52 Å². The first-order valence-corrected chi connectivity index (χ1v) is 7.11. The van der Waals surface area contributed by atoms with Crippen molar-refractivity contribution >= 4 is 22.8 Å². The molecule has 1 aromatic heterocycles. The van der Waals surface area contributed by atoms with Gasteiger partial charge in [-0.2, -0.15) is 4.98 Å². The average Bonchev–Trinajstić information content (AvgIpc) is 2.76. The first kappa shape index (κ1) is 13.7. The summed E-state index contributed by atoms with van der Waals surface area (Å²) in [4.78, 5) is 4.40. The Balaban J connectivity index is 1.89. The van der Waals surface area contributed by atoms with Crippen LogP contribution >= 0.6 is 0 Å². The van der Waals surface area contributed by atoms with Gasteiger partial charge in [-0.05, 0) is 31.5 Å². The number of nitrogens with two attached hydrogens (primary N) is 1. The molecular formula is C15H23N3O. The van der Waals surface area contributed by atoms with Gasteiger partial charge in [0.25, 0.3) is 6.01 Å². The van der Waals surface area contributed by atoms with Crippen molar-refractivity contribution in [2.75, 3.05) is 11.1 Å². The molecule has 2 aromatic rings. The van der Waals surface area contributed by atoms with Crippen LogP contribution < -0.4 is 11.1 Å². The van der Waals surface area contributed by atoms with Crippen molar-refractivity contribution in [3.8, 4) is 0 Å². The first-order valence-electron chi connectivity index (χ1n) is 7.11. The van der Waals surface area contributed by atoms with Gasteiger partial charge in [-0.1, -0.05) is 32.6 Å². The van der Waals surface area contributed by atoms with Crippen molar-refractivity contribution in [2.45, 2.75) is 52.0 Å². The highest BCUT2D eigenvalue weighted by molar-refractivity contribution is 5.78. The Kier molecular flexibility index (Phi) is 4.66. The molecule has 0 aliphatic heterocycles. The summed E-state index contributed by atoms with van der Waals surface area (Å²) in [6.07, 6.45) is 6.27. The maximum atomic E-state index is 5.73. The van der Waals surface area contributed by atoms with Crippen LogP contribution in [0.15, 0.2) is 22.6 Å². The third kappa shape index (κ3) is 3.88. The largest absolute Gasteiger partial charge is 0.424 e. The topological polar surface area (TPSA) is 64.1 Å². The van der Waals surface area contributed by atoms with Crippen LogP contribution in [0.5, 0.6) is 0 Å². The lowest BCUT2D eigenvalue weighted by Gasteiger charge is -2.11. The van der Waals surface area contributed by atoms with Gasteiger partial charge in [-0.25, -0.2) is 0 Å². The van der Waals surface area contributed by atoms with Crippen LogP contribution in [0, 0.1) is 0 Å². The molecule has 0 bridgehead atoms. The molecule has 1 atom stereocenters. The summed E-state index contributed by atoms with van der Waals surface area (Å²) in [6.45, 7) is 4.39. The molecule has 4 heteroatoms. The fourth-order valence-electron chi connectivity index (χ4n) is 2.17. The van der Waals surface area contributed by atoms with Gasteiger partial charge in [0, 0.05) is 11.7 Å². The zero-order valence-electron chi connectivity index (χ0n) is 11.8. The standard InChI is InChI=1S/C15H23N3O/c1-3-4-5-6-7-11(2)17-15-18-13-10-12(16)8-9-14(13)19-15/h8-11H,3-7,16H2,1-2H3,(H,17,18). The van der Waals surface area contributed by atoms with Crippen molar-refractivity contribution < 1.29 is 4.42 Å². The summed E-state index contributed by atoms with van der Waals surface area (Å²) >= 11 is 0. The molecule has 0 aliphatic carbocycles. The number of oxazole rings is 1. The summed E-state index contributed by atoms with van der Waals surface area (Å²) < 4.78 is 5.64. The Labute approximate surface area is 114 Å². The first-order chi connectivity index (χ1) is 9.19. The normalized spacial score (nSPS) is 12.7. The van der Waals surface area contributed by atoms with E-state index in [4.69, 9.17) is 10.2 Å². The predicted octanol–water partition coefficient (Wildman–Crippen LogP) is 4.18. The molecular weight excluding hydrogens is 238 g/mol. The van der Waals surface area contributed by atoms with Crippen LogP contribution in [0.3, 0.4) is 0 Å². The molecule has 1 aromatic carbocycles. The van der Waals surface area contributed by atoms with Crippen LogP contribution in [0.2, 0.25) is 0 Å². The molecule has 0 amide bonds. The summed E-state index contributed by atoms with van der Waals surface area (Å²) in [5, 5.41) is 3.31. The van der Waals surface area contributed by atoms with Crippen molar-refractivity contribution in [3.63, 3.8) is 0 Å². The number of nitrogens with zero attached hydrogens (tertiary/aromatic N) is 1. The van der Waals surface area contributed by atoms with Crippen LogP contribution in [0.25, 0.3) is 11.1 Å². The van der Waals surface area contributed by atoms with E-state index in [2.05, 4.69) is 24.1 Å². The van der Waals surface area contributed by atoms with E-state index in [9.17, 15) is 0 Å². The maximum Gasteiger partial charge on any atom is 0.295 e. The Morgan fingerprint density at radius 3 is 2.95 bits per heavy atom. The van der Waals surface area contributed by atoms with Crippen LogP contribution in [-0.2, 0) is 0 Å². The van der Waals surface area contributed by atoms with Crippen LogP contribution in [0.1, 0.15) is 46.0 Å². The predicted molar refractivity (Wildman–Crippen MR) is 80.3 cm³/mol. The summed E-state index contributed by atoms with van der Waals surface area (Å²) in [5.74, 6) is 0. The molecule has 19 heavy (non-hydrogen) atoms. The second kappa shape index (κ2) is 6.45. The smallest absolute Gasteiger partial charge is 0.295 e. The number of fused-ring (bicyclic) bond motifs is 1. The van der Waals surface area contributed by atoms with Gasteiger partial charge >= 0.3 is 0 Å². The number of hydrogen-bond donors (Lipinski definition) is 2. The Bertz CT molecular complexity index is 521. The lowest BCUT2D eigenvalue weighted by atomic mass is 10.1. The molecule has 104 valence electrons. The van der Waals surface area contributed by atoms with Crippen LogP contribution in [0.4, 0.5) is 11.7 Å². The summed E-state index contributed by atoms with van der Waals surface area (Å²) in [6, 6.07) is 6.47. The van der Waals surface area contributed by atoms with Gasteiger partial charge in [0.05, 0.1) is 0 Å². The van der Waals surface area contributed by atoms with E-state index in [1.165, 1.54) is 25.7 Å². The van der Waals surface area contributed by atoms with Gasteiger partial charge < -0.3 is 15.5 Å². The second-order valence-electron chi connectivity index (χ2n) is 5.14. The fourth-order valence-corrected chi connectivity index (χ4v) is 2.17. The van der Waals surface area contributed by atoms with E-state index in [1.54, 1.807) is 0 Å². The highest BCUT2D eigenvalue weighted by Crippen LogP contribution is 2.22. The quantitative estimate of drug-likeness (QED) is 0.579. The minimum atomic E-state index is 0.377. The zero-order valence-corrected chi connectivity index (χ0v) is 11.8. The van der Waals surface area contributed by atoms with E-state index in [0.717, 1.165) is 17.5 Å². The molecule has 0 aliphatic rings. The Morgan fingerprint density at radius 2 is 2.16 bits per heavy atom. The van der Waals surface area contributed by atoms with Crippen molar-refractivity contribution in [1.82, 2.24) is 4.98 Å².